The summed E-state index contributed by atoms with van der Waals surface area (Å²) < 4.78 is 0. The molecule has 0 unspecified atom stereocenters. The fourth-order valence-electron chi connectivity index (χ4n) is 4.76. The SMILES string of the molecule is CC(=O)ON(Cc1ccccc1)[C@H](CO)C(=O)NC1CCC(NC(=O)c2ccc3cc(O)ccc3c2)CC1. The second kappa shape index (κ2) is 12.5. The van der Waals surface area contributed by atoms with E-state index in [9.17, 15) is 24.6 Å². The quantitative estimate of drug-likeness (QED) is 0.320. The molecule has 3 aromatic carbocycles. The van der Waals surface area contributed by atoms with Crippen molar-refractivity contribution in [1.29, 1.82) is 0 Å². The minimum Gasteiger partial charge on any atom is -0.508 e. The third-order valence-corrected chi connectivity index (χ3v) is 6.75. The summed E-state index contributed by atoms with van der Waals surface area (Å²) in [4.78, 5) is 42.8. The van der Waals surface area contributed by atoms with Gasteiger partial charge in [0.05, 0.1) is 13.2 Å². The van der Waals surface area contributed by atoms with Gasteiger partial charge >= 0.3 is 5.97 Å². The molecule has 3 aromatic rings. The molecular weight excluding hydrogens is 486 g/mol. The monoisotopic (exact) mass is 519 g/mol. The molecule has 0 bridgehead atoms. The number of rotatable bonds is 9. The number of carbonyl (C=O) groups is 3. The molecular formula is C29H33N3O6. The Kier molecular flexibility index (Phi) is 8.93. The maximum atomic E-state index is 13.0. The molecule has 9 heteroatoms. The van der Waals surface area contributed by atoms with Crippen LogP contribution in [-0.4, -0.2) is 57.8 Å². The highest BCUT2D eigenvalue weighted by atomic mass is 16.7. The van der Waals surface area contributed by atoms with E-state index in [0.29, 0.717) is 31.2 Å². The summed E-state index contributed by atoms with van der Waals surface area (Å²) in [5.41, 5.74) is 1.38. The van der Waals surface area contributed by atoms with Crippen molar-refractivity contribution >= 4 is 28.6 Å². The summed E-state index contributed by atoms with van der Waals surface area (Å²) in [6.45, 7) is 0.902. The molecule has 1 saturated carbocycles. The first kappa shape index (κ1) is 27.1. The highest BCUT2D eigenvalue weighted by Gasteiger charge is 2.31. The Balaban J connectivity index is 1.30. The Morgan fingerprint density at radius 2 is 1.55 bits per heavy atom. The maximum absolute atomic E-state index is 13.0. The van der Waals surface area contributed by atoms with Gasteiger partial charge in [-0.05, 0) is 66.3 Å². The standard InChI is InChI=1S/C29H33N3O6/c1-19(34)38-32(17-20-5-3-2-4-6-20)27(18-33)29(37)31-25-12-10-24(11-13-25)30-28(36)23-8-7-22-16-26(35)14-9-21(22)15-23/h2-9,14-16,24-25,27,33,35H,10-13,17-18H2,1H3,(H,30,36)(H,31,37)/t24?,25?,27-/m1/s1. The topological polar surface area (TPSA) is 128 Å². The number of hydrogen-bond acceptors (Lipinski definition) is 7. The van der Waals surface area contributed by atoms with Crippen LogP contribution in [0.2, 0.25) is 0 Å². The van der Waals surface area contributed by atoms with Crippen molar-refractivity contribution < 1.29 is 29.4 Å². The lowest BCUT2D eigenvalue weighted by Crippen LogP contribution is -2.53. The highest BCUT2D eigenvalue weighted by molar-refractivity contribution is 5.99. The third kappa shape index (κ3) is 7.08. The molecule has 0 saturated heterocycles. The third-order valence-electron chi connectivity index (χ3n) is 6.75. The number of carbonyl (C=O) groups excluding carboxylic acids is 3. The Bertz CT molecular complexity index is 1270. The maximum Gasteiger partial charge on any atom is 0.322 e. The van der Waals surface area contributed by atoms with Gasteiger partial charge in [0, 0.05) is 24.6 Å². The van der Waals surface area contributed by atoms with E-state index in [0.717, 1.165) is 16.3 Å². The summed E-state index contributed by atoms with van der Waals surface area (Å²) in [7, 11) is 0. The van der Waals surface area contributed by atoms with E-state index in [4.69, 9.17) is 4.84 Å². The summed E-state index contributed by atoms with van der Waals surface area (Å²) in [5, 5.41) is 28.6. The van der Waals surface area contributed by atoms with Gasteiger partial charge in [0.15, 0.2) is 0 Å². The van der Waals surface area contributed by atoms with Gasteiger partial charge in [0.2, 0.25) is 5.91 Å². The number of aromatic hydroxyl groups is 1. The number of phenols is 1. The molecule has 0 aliphatic heterocycles. The molecule has 2 amide bonds. The number of hydroxylamine groups is 2. The Morgan fingerprint density at radius 3 is 2.21 bits per heavy atom. The molecule has 38 heavy (non-hydrogen) atoms. The zero-order valence-electron chi connectivity index (χ0n) is 21.3. The van der Waals surface area contributed by atoms with Crippen LogP contribution in [0.25, 0.3) is 10.8 Å². The van der Waals surface area contributed by atoms with Crippen LogP contribution in [0, 0.1) is 0 Å². The average molecular weight is 520 g/mol. The van der Waals surface area contributed by atoms with E-state index in [-0.39, 0.29) is 30.3 Å². The summed E-state index contributed by atoms with van der Waals surface area (Å²) >= 11 is 0. The van der Waals surface area contributed by atoms with E-state index in [1.807, 2.05) is 36.4 Å². The van der Waals surface area contributed by atoms with Crippen LogP contribution >= 0.6 is 0 Å². The number of fused-ring (bicyclic) bond motifs is 1. The van der Waals surface area contributed by atoms with Gasteiger partial charge in [-0.15, -0.1) is 5.06 Å². The van der Waals surface area contributed by atoms with Crippen molar-refractivity contribution in [3.8, 4) is 5.75 Å². The number of benzene rings is 3. The van der Waals surface area contributed by atoms with Crippen molar-refractivity contribution in [2.45, 2.75) is 57.3 Å². The predicted molar refractivity (Wildman–Crippen MR) is 142 cm³/mol. The van der Waals surface area contributed by atoms with Gasteiger partial charge in [-0.1, -0.05) is 42.5 Å². The number of aliphatic hydroxyl groups excluding tert-OH is 1. The number of amides is 2. The van der Waals surface area contributed by atoms with Crippen LogP contribution < -0.4 is 10.6 Å². The molecule has 200 valence electrons. The van der Waals surface area contributed by atoms with Gasteiger partial charge in [-0.3, -0.25) is 14.4 Å². The zero-order valence-corrected chi connectivity index (χ0v) is 21.3. The summed E-state index contributed by atoms with van der Waals surface area (Å²) in [5.74, 6) is -0.975. The van der Waals surface area contributed by atoms with Crippen LogP contribution in [-0.2, 0) is 21.0 Å². The summed E-state index contributed by atoms with van der Waals surface area (Å²) in [6.07, 6.45) is 2.72. The Labute approximate surface area is 221 Å². The molecule has 0 heterocycles. The number of nitrogens with one attached hydrogen (secondary N) is 2. The van der Waals surface area contributed by atoms with E-state index in [1.165, 1.54) is 12.0 Å². The van der Waals surface area contributed by atoms with E-state index in [1.54, 1.807) is 30.3 Å². The van der Waals surface area contributed by atoms with Crippen molar-refractivity contribution in [2.75, 3.05) is 6.61 Å². The van der Waals surface area contributed by atoms with Gasteiger partial charge in [0.1, 0.15) is 11.8 Å². The Morgan fingerprint density at radius 1 is 0.921 bits per heavy atom. The molecule has 4 rings (SSSR count). The fourth-order valence-corrected chi connectivity index (χ4v) is 4.76. The lowest BCUT2D eigenvalue weighted by Gasteiger charge is -2.32. The van der Waals surface area contributed by atoms with Crippen molar-refractivity contribution in [3.05, 3.63) is 77.9 Å². The number of nitrogens with zero attached hydrogens (tertiary/aromatic N) is 1. The highest BCUT2D eigenvalue weighted by Crippen LogP contribution is 2.23. The van der Waals surface area contributed by atoms with E-state index < -0.39 is 24.5 Å². The van der Waals surface area contributed by atoms with Gasteiger partial charge in [0.25, 0.3) is 5.91 Å². The van der Waals surface area contributed by atoms with Gasteiger partial charge < -0.3 is 25.7 Å². The first-order chi connectivity index (χ1) is 18.3. The van der Waals surface area contributed by atoms with E-state index in [2.05, 4.69) is 10.6 Å². The van der Waals surface area contributed by atoms with Crippen molar-refractivity contribution in [3.63, 3.8) is 0 Å². The largest absolute Gasteiger partial charge is 0.508 e. The molecule has 0 aromatic heterocycles. The Hall–Kier alpha value is -3.95. The second-order valence-electron chi connectivity index (χ2n) is 9.62. The minimum atomic E-state index is -1.05. The van der Waals surface area contributed by atoms with Crippen molar-refractivity contribution in [2.24, 2.45) is 0 Å². The van der Waals surface area contributed by atoms with Crippen LogP contribution in [0.3, 0.4) is 0 Å². The normalized spacial score (nSPS) is 18.1. The van der Waals surface area contributed by atoms with Crippen molar-refractivity contribution in [1.82, 2.24) is 15.7 Å². The minimum absolute atomic E-state index is 0.0181. The van der Waals surface area contributed by atoms with E-state index >= 15 is 0 Å². The van der Waals surface area contributed by atoms with Gasteiger partial charge in [-0.25, -0.2) is 0 Å². The number of hydrogen-bond donors (Lipinski definition) is 4. The van der Waals surface area contributed by atoms with Crippen LogP contribution in [0.4, 0.5) is 0 Å². The first-order valence-corrected chi connectivity index (χ1v) is 12.8. The molecule has 4 N–H and O–H groups in total. The fraction of sp³-hybridized carbons (Fsp3) is 0.345. The molecule has 1 atom stereocenters. The molecule has 9 nitrogen and oxygen atoms in total. The van der Waals surface area contributed by atoms with Crippen LogP contribution in [0.15, 0.2) is 66.7 Å². The lowest BCUT2D eigenvalue weighted by atomic mass is 9.90. The average Bonchev–Trinajstić information content (AvgIpc) is 2.90. The van der Waals surface area contributed by atoms with Crippen LogP contribution in [0.1, 0.15) is 48.5 Å². The number of aliphatic hydroxyl groups is 1. The molecule has 0 spiro atoms. The summed E-state index contributed by atoms with van der Waals surface area (Å²) in [6, 6.07) is 18.4. The number of phenolic OH excluding ortho intramolecular Hbond substituents is 1. The molecule has 1 fully saturated rings. The zero-order chi connectivity index (χ0) is 27.1. The second-order valence-corrected chi connectivity index (χ2v) is 9.62. The molecule has 1 aliphatic rings. The van der Waals surface area contributed by atoms with Crippen LogP contribution in [0.5, 0.6) is 5.75 Å². The van der Waals surface area contributed by atoms with Gasteiger partial charge in [-0.2, -0.15) is 0 Å². The predicted octanol–water partition coefficient (Wildman–Crippen LogP) is 3.04. The first-order valence-electron chi connectivity index (χ1n) is 12.8. The molecule has 0 radical (unpaired) electrons. The molecule has 1 aliphatic carbocycles. The lowest BCUT2D eigenvalue weighted by molar-refractivity contribution is -0.207. The smallest absolute Gasteiger partial charge is 0.322 e.